The van der Waals surface area contributed by atoms with Crippen molar-refractivity contribution in [1.29, 1.82) is 0 Å². The molecule has 7 nitrogen and oxygen atoms in total. The topological polar surface area (TPSA) is 77.0 Å². The van der Waals surface area contributed by atoms with Gasteiger partial charge in [-0.05, 0) is 49.1 Å². The molecule has 0 aliphatic carbocycles. The van der Waals surface area contributed by atoms with Gasteiger partial charge in [-0.15, -0.1) is 0 Å². The number of hydrogen-bond acceptors (Lipinski definition) is 5. The van der Waals surface area contributed by atoms with Crippen LogP contribution in [0.25, 0.3) is 0 Å². The molecule has 0 radical (unpaired) electrons. The molecular formula is C22H29FN4O3. The number of halogens is 1. The molecule has 0 amide bonds. The molecule has 0 spiro atoms. The van der Waals surface area contributed by atoms with Crippen molar-refractivity contribution in [2.45, 2.75) is 31.9 Å². The fraction of sp³-hybridized carbons (Fsp3) is 0.455. The number of pyridine rings is 1. The number of ether oxygens (including phenoxy) is 3. The minimum atomic E-state index is -0.426. The molecule has 2 aromatic rings. The molecule has 30 heavy (non-hydrogen) atoms. The molecule has 0 saturated carbocycles. The van der Waals surface area contributed by atoms with Crippen LogP contribution in [0.3, 0.4) is 0 Å². The predicted octanol–water partition coefficient (Wildman–Crippen LogP) is 3.26. The molecule has 1 saturated heterocycles. The smallest absolute Gasteiger partial charge is 0.191 e. The van der Waals surface area contributed by atoms with Crippen molar-refractivity contribution in [2.24, 2.45) is 4.99 Å². The predicted molar refractivity (Wildman–Crippen MR) is 113 cm³/mol. The van der Waals surface area contributed by atoms with Gasteiger partial charge in [0.2, 0.25) is 0 Å². The molecule has 1 aromatic carbocycles. The third kappa shape index (κ3) is 7.27. The molecule has 1 aliphatic heterocycles. The van der Waals surface area contributed by atoms with Crippen molar-refractivity contribution in [1.82, 2.24) is 15.6 Å². The molecule has 3 rings (SSSR count). The molecule has 162 valence electrons. The monoisotopic (exact) mass is 416 g/mol. The first-order valence-corrected chi connectivity index (χ1v) is 10.2. The number of benzene rings is 1. The molecular weight excluding hydrogens is 387 g/mol. The molecule has 2 N–H and O–H groups in total. The largest absolute Gasteiger partial charge is 0.453 e. The van der Waals surface area contributed by atoms with Gasteiger partial charge in [-0.3, -0.25) is 9.98 Å². The number of nitrogens with one attached hydrogen (secondary N) is 2. The molecule has 0 bridgehead atoms. The van der Waals surface area contributed by atoms with Gasteiger partial charge in [-0.2, -0.15) is 0 Å². The lowest BCUT2D eigenvalue weighted by Crippen LogP contribution is -2.37. The molecule has 1 fully saturated rings. The summed E-state index contributed by atoms with van der Waals surface area (Å²) in [6.45, 7) is 3.37. The van der Waals surface area contributed by atoms with Gasteiger partial charge in [0, 0.05) is 39.5 Å². The van der Waals surface area contributed by atoms with Crippen LogP contribution in [0.4, 0.5) is 4.39 Å². The maximum Gasteiger partial charge on any atom is 0.191 e. The second-order valence-corrected chi connectivity index (χ2v) is 6.97. The zero-order chi connectivity index (χ0) is 21.0. The number of rotatable bonds is 10. The first-order chi connectivity index (χ1) is 14.7. The fourth-order valence-corrected chi connectivity index (χ4v) is 3.05. The van der Waals surface area contributed by atoms with Gasteiger partial charge in [-0.25, -0.2) is 4.39 Å². The highest BCUT2D eigenvalue weighted by Gasteiger charge is 2.14. The summed E-state index contributed by atoms with van der Waals surface area (Å²) in [6, 6.07) is 8.34. The Hall–Kier alpha value is -2.71. The van der Waals surface area contributed by atoms with Gasteiger partial charge in [0.1, 0.15) is 5.75 Å². The first-order valence-electron chi connectivity index (χ1n) is 10.2. The summed E-state index contributed by atoms with van der Waals surface area (Å²) in [5.41, 5.74) is 0.786. The lowest BCUT2D eigenvalue weighted by atomic mass is 10.2. The highest BCUT2D eigenvalue weighted by atomic mass is 19.1. The summed E-state index contributed by atoms with van der Waals surface area (Å²) < 4.78 is 31.0. The molecule has 8 heteroatoms. The van der Waals surface area contributed by atoms with E-state index in [2.05, 4.69) is 20.6 Å². The van der Waals surface area contributed by atoms with Crippen molar-refractivity contribution in [3.63, 3.8) is 0 Å². The summed E-state index contributed by atoms with van der Waals surface area (Å²) in [6.07, 6.45) is 6.51. The fourth-order valence-electron chi connectivity index (χ4n) is 3.05. The Morgan fingerprint density at radius 3 is 3.00 bits per heavy atom. The van der Waals surface area contributed by atoms with E-state index in [1.54, 1.807) is 31.4 Å². The van der Waals surface area contributed by atoms with Crippen LogP contribution in [-0.2, 0) is 16.0 Å². The van der Waals surface area contributed by atoms with Gasteiger partial charge in [0.25, 0.3) is 0 Å². The lowest BCUT2D eigenvalue weighted by molar-refractivity contribution is 0.0168. The van der Waals surface area contributed by atoms with Gasteiger partial charge < -0.3 is 24.8 Å². The Morgan fingerprint density at radius 2 is 2.27 bits per heavy atom. The molecule has 1 unspecified atom stereocenters. The van der Waals surface area contributed by atoms with Gasteiger partial charge in [0.15, 0.2) is 17.5 Å². The maximum absolute atomic E-state index is 14.3. The Labute approximate surface area is 176 Å². The Morgan fingerprint density at radius 1 is 1.33 bits per heavy atom. The quantitative estimate of drug-likeness (QED) is 0.352. The van der Waals surface area contributed by atoms with E-state index < -0.39 is 5.82 Å². The van der Waals surface area contributed by atoms with Crippen molar-refractivity contribution in [3.05, 3.63) is 54.1 Å². The number of nitrogens with zero attached hydrogens (tertiary/aromatic N) is 2. The number of guanidine groups is 1. The van der Waals surface area contributed by atoms with E-state index in [0.717, 1.165) is 38.0 Å². The highest BCUT2D eigenvalue weighted by Crippen LogP contribution is 2.24. The molecule has 1 aliphatic rings. The average Bonchev–Trinajstić information content (AvgIpc) is 3.29. The Bertz CT molecular complexity index is 798. The van der Waals surface area contributed by atoms with Crippen molar-refractivity contribution < 1.29 is 18.6 Å². The standard InChI is InChI=1S/C22H29FN4O3/c1-24-22(26-10-4-11-28-16-19-6-3-12-29-19)27-14-17-7-8-21(20(23)13-17)30-18-5-2-9-25-15-18/h2,5,7-9,13,15,19H,3-4,6,10-12,14,16H2,1H3,(H2,24,26,27). The van der Waals surface area contributed by atoms with E-state index in [9.17, 15) is 4.39 Å². The summed E-state index contributed by atoms with van der Waals surface area (Å²) in [4.78, 5) is 8.14. The van der Waals surface area contributed by atoms with E-state index in [1.807, 2.05) is 6.07 Å². The lowest BCUT2D eigenvalue weighted by Gasteiger charge is -2.13. The maximum atomic E-state index is 14.3. The normalized spacial score (nSPS) is 16.5. The van der Waals surface area contributed by atoms with Gasteiger partial charge >= 0.3 is 0 Å². The van der Waals surface area contributed by atoms with Crippen LogP contribution in [0.1, 0.15) is 24.8 Å². The van der Waals surface area contributed by atoms with Crippen LogP contribution in [-0.4, -0.2) is 50.5 Å². The molecule has 2 heterocycles. The van der Waals surface area contributed by atoms with E-state index in [-0.39, 0.29) is 11.9 Å². The number of hydrogen-bond donors (Lipinski definition) is 2. The van der Waals surface area contributed by atoms with Crippen molar-refractivity contribution in [2.75, 3.05) is 33.4 Å². The number of aromatic nitrogens is 1. The minimum Gasteiger partial charge on any atom is -0.453 e. The molecule has 1 aromatic heterocycles. The number of aliphatic imine (C=N–C) groups is 1. The van der Waals surface area contributed by atoms with E-state index >= 15 is 0 Å². The highest BCUT2D eigenvalue weighted by molar-refractivity contribution is 5.79. The second-order valence-electron chi connectivity index (χ2n) is 6.97. The first kappa shape index (κ1) is 22.0. The van der Waals surface area contributed by atoms with Gasteiger partial charge in [0.05, 0.1) is 18.9 Å². The SMILES string of the molecule is CN=C(NCCCOCC1CCCO1)NCc1ccc(Oc2cccnc2)c(F)c1. The van der Waals surface area contributed by atoms with Crippen LogP contribution < -0.4 is 15.4 Å². The third-order valence-electron chi connectivity index (χ3n) is 4.63. The van der Waals surface area contributed by atoms with Gasteiger partial charge in [-0.1, -0.05) is 6.07 Å². The van der Waals surface area contributed by atoms with Crippen LogP contribution in [0.15, 0.2) is 47.7 Å². The van der Waals surface area contributed by atoms with Crippen LogP contribution in [0.2, 0.25) is 0 Å². The Balaban J connectivity index is 1.35. The van der Waals surface area contributed by atoms with Crippen molar-refractivity contribution >= 4 is 5.96 Å². The third-order valence-corrected chi connectivity index (χ3v) is 4.63. The Kier molecular flexibility index (Phi) is 8.86. The van der Waals surface area contributed by atoms with E-state index in [1.165, 1.54) is 12.3 Å². The average molecular weight is 416 g/mol. The summed E-state index contributed by atoms with van der Waals surface area (Å²) >= 11 is 0. The zero-order valence-electron chi connectivity index (χ0n) is 17.3. The second kappa shape index (κ2) is 12.1. The van der Waals surface area contributed by atoms with Crippen LogP contribution in [0.5, 0.6) is 11.5 Å². The van der Waals surface area contributed by atoms with Crippen LogP contribution in [0, 0.1) is 5.82 Å². The van der Waals surface area contributed by atoms with Crippen molar-refractivity contribution in [3.8, 4) is 11.5 Å². The summed E-state index contributed by atoms with van der Waals surface area (Å²) in [5.74, 6) is 0.888. The van der Waals surface area contributed by atoms with E-state index in [4.69, 9.17) is 14.2 Å². The summed E-state index contributed by atoms with van der Waals surface area (Å²) in [7, 11) is 1.70. The van der Waals surface area contributed by atoms with Crippen LogP contribution >= 0.6 is 0 Å². The molecule has 1 atom stereocenters. The minimum absolute atomic E-state index is 0.164. The zero-order valence-corrected chi connectivity index (χ0v) is 17.3. The summed E-state index contributed by atoms with van der Waals surface area (Å²) in [5, 5.41) is 6.41. The van der Waals surface area contributed by atoms with E-state index in [0.29, 0.717) is 31.5 Å².